The second kappa shape index (κ2) is 7.56. The molecule has 2 aromatic carbocycles. The fourth-order valence-corrected chi connectivity index (χ4v) is 3.13. The first-order valence-corrected chi connectivity index (χ1v) is 8.96. The van der Waals surface area contributed by atoms with Crippen LogP contribution in [0, 0.1) is 0 Å². The van der Waals surface area contributed by atoms with E-state index in [2.05, 4.69) is 5.32 Å². The Hall–Kier alpha value is -3.61. The predicted octanol–water partition coefficient (Wildman–Crippen LogP) is 3.36. The first-order valence-electron chi connectivity index (χ1n) is 8.96. The van der Waals surface area contributed by atoms with Gasteiger partial charge in [0.05, 0.1) is 0 Å². The zero-order valence-electron chi connectivity index (χ0n) is 15.0. The lowest BCUT2D eigenvalue weighted by atomic mass is 10.2. The molecule has 0 saturated carbocycles. The molecule has 0 unspecified atom stereocenters. The van der Waals surface area contributed by atoms with E-state index < -0.39 is 18.5 Å². The van der Waals surface area contributed by atoms with Crippen LogP contribution in [0.3, 0.4) is 0 Å². The van der Waals surface area contributed by atoms with Crippen molar-refractivity contribution in [2.75, 3.05) is 23.4 Å². The van der Waals surface area contributed by atoms with Crippen molar-refractivity contribution in [1.82, 2.24) is 0 Å². The van der Waals surface area contributed by atoms with Gasteiger partial charge in [0, 0.05) is 29.7 Å². The van der Waals surface area contributed by atoms with Gasteiger partial charge in [-0.2, -0.15) is 0 Å². The number of carbonyl (C=O) groups excluding carboxylic acids is 3. The Morgan fingerprint density at radius 3 is 2.61 bits per heavy atom. The molecule has 0 radical (unpaired) electrons. The minimum atomic E-state index is -0.700. The third-order valence-corrected chi connectivity index (χ3v) is 4.50. The number of para-hydroxylation sites is 1. The second-order valence-corrected chi connectivity index (χ2v) is 6.47. The Balaban J connectivity index is 1.31. The number of furan rings is 1. The Bertz CT molecular complexity index is 1010. The Morgan fingerprint density at radius 1 is 1.11 bits per heavy atom. The van der Waals surface area contributed by atoms with Crippen LogP contribution in [0.1, 0.15) is 23.4 Å². The summed E-state index contributed by atoms with van der Waals surface area (Å²) in [5.74, 6) is -1.01. The number of anilines is 2. The Morgan fingerprint density at radius 2 is 1.89 bits per heavy atom. The maximum atomic E-state index is 12.1. The molecule has 28 heavy (non-hydrogen) atoms. The maximum absolute atomic E-state index is 12.1. The number of ether oxygens (including phenoxy) is 1. The zero-order valence-corrected chi connectivity index (χ0v) is 15.0. The van der Waals surface area contributed by atoms with Crippen molar-refractivity contribution in [3.8, 4) is 0 Å². The molecule has 2 amide bonds. The average molecular weight is 378 g/mol. The number of rotatable bonds is 5. The molecule has 1 aromatic heterocycles. The number of benzene rings is 2. The SMILES string of the molecule is O=C(COC(=O)c1cc2ccccc2o1)Nc1ccc(N2CCCC2=O)cc1. The van der Waals surface area contributed by atoms with Gasteiger partial charge in [0.15, 0.2) is 6.61 Å². The first kappa shape index (κ1) is 17.8. The molecule has 1 aliphatic heterocycles. The highest BCUT2D eigenvalue weighted by Gasteiger charge is 2.21. The summed E-state index contributed by atoms with van der Waals surface area (Å²) in [7, 11) is 0. The van der Waals surface area contributed by atoms with Crippen molar-refractivity contribution < 1.29 is 23.5 Å². The molecule has 0 aliphatic carbocycles. The molecule has 2 heterocycles. The van der Waals surface area contributed by atoms with E-state index in [0.717, 1.165) is 17.5 Å². The van der Waals surface area contributed by atoms with Crippen molar-refractivity contribution in [1.29, 1.82) is 0 Å². The predicted molar refractivity (Wildman–Crippen MR) is 103 cm³/mol. The minimum Gasteiger partial charge on any atom is -0.450 e. The lowest BCUT2D eigenvalue weighted by molar-refractivity contribution is -0.119. The van der Waals surface area contributed by atoms with Crippen LogP contribution in [-0.4, -0.2) is 30.9 Å². The Labute approximate surface area is 160 Å². The minimum absolute atomic E-state index is 0.0497. The van der Waals surface area contributed by atoms with Crippen LogP contribution in [0.2, 0.25) is 0 Å². The normalized spacial score (nSPS) is 13.7. The topological polar surface area (TPSA) is 88.8 Å². The molecule has 0 atom stereocenters. The van der Waals surface area contributed by atoms with Gasteiger partial charge in [0.1, 0.15) is 5.58 Å². The highest BCUT2D eigenvalue weighted by Crippen LogP contribution is 2.23. The third-order valence-electron chi connectivity index (χ3n) is 4.50. The average Bonchev–Trinajstić information content (AvgIpc) is 3.33. The summed E-state index contributed by atoms with van der Waals surface area (Å²) < 4.78 is 10.4. The largest absolute Gasteiger partial charge is 0.450 e. The van der Waals surface area contributed by atoms with Gasteiger partial charge < -0.3 is 19.4 Å². The van der Waals surface area contributed by atoms with Crippen LogP contribution >= 0.6 is 0 Å². The Kier molecular flexibility index (Phi) is 4.80. The van der Waals surface area contributed by atoms with E-state index in [-0.39, 0.29) is 11.7 Å². The third kappa shape index (κ3) is 3.73. The van der Waals surface area contributed by atoms with Crippen molar-refractivity contribution >= 4 is 40.1 Å². The number of fused-ring (bicyclic) bond motifs is 1. The van der Waals surface area contributed by atoms with E-state index >= 15 is 0 Å². The molecule has 0 spiro atoms. The van der Waals surface area contributed by atoms with Gasteiger partial charge in [0.2, 0.25) is 11.7 Å². The van der Waals surface area contributed by atoms with E-state index in [1.807, 2.05) is 12.1 Å². The van der Waals surface area contributed by atoms with E-state index in [1.165, 1.54) is 0 Å². The maximum Gasteiger partial charge on any atom is 0.374 e. The number of hydrogen-bond donors (Lipinski definition) is 1. The quantitative estimate of drug-likeness (QED) is 0.688. The van der Waals surface area contributed by atoms with Crippen molar-refractivity contribution in [2.24, 2.45) is 0 Å². The summed E-state index contributed by atoms with van der Waals surface area (Å²) in [6.45, 7) is 0.282. The summed E-state index contributed by atoms with van der Waals surface area (Å²) >= 11 is 0. The molecule has 3 aromatic rings. The molecule has 1 N–H and O–H groups in total. The van der Waals surface area contributed by atoms with Crippen molar-refractivity contribution in [3.05, 3.63) is 60.4 Å². The van der Waals surface area contributed by atoms with E-state index in [9.17, 15) is 14.4 Å². The zero-order chi connectivity index (χ0) is 19.5. The molecule has 7 nitrogen and oxygen atoms in total. The fraction of sp³-hybridized carbons (Fsp3) is 0.190. The molecule has 0 bridgehead atoms. The standard InChI is InChI=1S/C21H18N2O5/c24-19(13-27-21(26)18-12-14-4-1-2-5-17(14)28-18)22-15-7-9-16(10-8-15)23-11-3-6-20(23)25/h1-2,4-5,7-10,12H,3,6,11,13H2,(H,22,24). The van der Waals surface area contributed by atoms with Crippen molar-refractivity contribution in [3.63, 3.8) is 0 Å². The van der Waals surface area contributed by atoms with Crippen LogP contribution in [-0.2, 0) is 14.3 Å². The van der Waals surface area contributed by atoms with Gasteiger partial charge in [-0.15, -0.1) is 0 Å². The number of hydrogen-bond acceptors (Lipinski definition) is 5. The summed E-state index contributed by atoms with van der Waals surface area (Å²) in [5, 5.41) is 3.44. The summed E-state index contributed by atoms with van der Waals surface area (Å²) in [4.78, 5) is 37.6. The molecule has 1 fully saturated rings. The molecule has 4 rings (SSSR count). The van der Waals surface area contributed by atoms with E-state index in [4.69, 9.17) is 9.15 Å². The fourth-order valence-electron chi connectivity index (χ4n) is 3.13. The van der Waals surface area contributed by atoms with Gasteiger partial charge in [-0.1, -0.05) is 18.2 Å². The molecule has 142 valence electrons. The number of carbonyl (C=O) groups is 3. The molecule has 1 saturated heterocycles. The molecular weight excluding hydrogens is 360 g/mol. The summed E-state index contributed by atoms with van der Waals surface area (Å²) in [6.07, 6.45) is 1.42. The smallest absolute Gasteiger partial charge is 0.374 e. The first-order chi connectivity index (χ1) is 13.6. The number of esters is 1. The van der Waals surface area contributed by atoms with Gasteiger partial charge in [-0.05, 0) is 42.8 Å². The van der Waals surface area contributed by atoms with Crippen LogP contribution in [0.5, 0.6) is 0 Å². The van der Waals surface area contributed by atoms with E-state index in [0.29, 0.717) is 24.2 Å². The monoisotopic (exact) mass is 378 g/mol. The molecular formula is C21H18N2O5. The lowest BCUT2D eigenvalue weighted by Gasteiger charge is -2.16. The van der Waals surface area contributed by atoms with Crippen LogP contribution in [0.4, 0.5) is 11.4 Å². The second-order valence-electron chi connectivity index (χ2n) is 6.47. The van der Waals surface area contributed by atoms with Crippen LogP contribution < -0.4 is 10.2 Å². The van der Waals surface area contributed by atoms with Gasteiger partial charge in [-0.25, -0.2) is 4.79 Å². The highest BCUT2D eigenvalue weighted by molar-refractivity contribution is 5.97. The number of amides is 2. The molecule has 7 heteroatoms. The van der Waals surface area contributed by atoms with Crippen LogP contribution in [0.25, 0.3) is 11.0 Å². The van der Waals surface area contributed by atoms with E-state index in [1.54, 1.807) is 47.4 Å². The number of nitrogens with zero attached hydrogens (tertiary/aromatic N) is 1. The van der Waals surface area contributed by atoms with Crippen molar-refractivity contribution in [2.45, 2.75) is 12.8 Å². The highest BCUT2D eigenvalue weighted by atomic mass is 16.5. The summed E-state index contributed by atoms with van der Waals surface area (Å²) in [6, 6.07) is 15.8. The van der Waals surface area contributed by atoms with Gasteiger partial charge >= 0.3 is 5.97 Å². The van der Waals surface area contributed by atoms with Gasteiger partial charge in [0.25, 0.3) is 5.91 Å². The van der Waals surface area contributed by atoms with Crippen LogP contribution in [0.15, 0.2) is 59.0 Å². The van der Waals surface area contributed by atoms with Gasteiger partial charge in [-0.3, -0.25) is 9.59 Å². The molecule has 1 aliphatic rings. The summed E-state index contributed by atoms with van der Waals surface area (Å²) in [5.41, 5.74) is 1.94. The lowest BCUT2D eigenvalue weighted by Crippen LogP contribution is -2.23. The number of nitrogens with one attached hydrogen (secondary N) is 1.